The van der Waals surface area contributed by atoms with E-state index in [-0.39, 0.29) is 12.2 Å². The number of carbonyl (C=O) groups is 2. The van der Waals surface area contributed by atoms with Gasteiger partial charge in [0.1, 0.15) is 11.9 Å². The Morgan fingerprint density at radius 1 is 1.48 bits per heavy atom. The first kappa shape index (κ1) is 13.3. The Balaban J connectivity index is 1.66. The third-order valence-corrected chi connectivity index (χ3v) is 3.25. The first-order chi connectivity index (χ1) is 10.1. The van der Waals surface area contributed by atoms with Crippen LogP contribution in [0.4, 0.5) is 0 Å². The van der Waals surface area contributed by atoms with Gasteiger partial charge in [-0.05, 0) is 12.8 Å². The van der Waals surface area contributed by atoms with Crippen LogP contribution < -0.4 is 5.32 Å². The lowest BCUT2D eigenvalue weighted by Gasteiger charge is -2.12. The van der Waals surface area contributed by atoms with Gasteiger partial charge in [0.25, 0.3) is 5.91 Å². The maximum atomic E-state index is 12.0. The molecule has 0 aliphatic heterocycles. The quantitative estimate of drug-likeness (QED) is 0.583. The van der Waals surface area contributed by atoms with Crippen molar-refractivity contribution in [3.05, 3.63) is 29.9 Å². The fourth-order valence-electron chi connectivity index (χ4n) is 1.95. The molecule has 1 aliphatic rings. The molecule has 1 aliphatic carbocycles. The minimum Gasteiger partial charge on any atom is -0.480 e. The number of nitrogens with one attached hydrogen (secondary N) is 3. The van der Waals surface area contributed by atoms with Crippen LogP contribution in [-0.2, 0) is 11.2 Å². The second-order valence-electron chi connectivity index (χ2n) is 4.96. The van der Waals surface area contributed by atoms with Gasteiger partial charge in [0.2, 0.25) is 5.82 Å². The summed E-state index contributed by atoms with van der Waals surface area (Å²) in [6.45, 7) is 0. The van der Waals surface area contributed by atoms with Crippen LogP contribution in [-0.4, -0.2) is 48.2 Å². The average molecular weight is 290 g/mol. The molecular weight excluding hydrogens is 276 g/mol. The molecule has 1 amide bonds. The third kappa shape index (κ3) is 3.07. The topological polar surface area (TPSA) is 137 Å². The number of carboxylic acids is 1. The van der Waals surface area contributed by atoms with Gasteiger partial charge >= 0.3 is 5.97 Å². The molecule has 1 saturated carbocycles. The molecule has 2 heterocycles. The largest absolute Gasteiger partial charge is 0.480 e. The lowest BCUT2D eigenvalue weighted by Crippen LogP contribution is -2.42. The SMILES string of the molecule is O=C(N[C@H](Cc1cnc[nH]1)C(=O)O)c1n[nH]c(C2CC2)n1. The predicted molar refractivity (Wildman–Crippen MR) is 69.5 cm³/mol. The lowest BCUT2D eigenvalue weighted by molar-refractivity contribution is -0.139. The molecule has 9 heteroatoms. The highest BCUT2D eigenvalue weighted by Gasteiger charge is 2.29. The van der Waals surface area contributed by atoms with Crippen molar-refractivity contribution in [3.63, 3.8) is 0 Å². The van der Waals surface area contributed by atoms with E-state index in [2.05, 4.69) is 30.5 Å². The maximum Gasteiger partial charge on any atom is 0.326 e. The summed E-state index contributed by atoms with van der Waals surface area (Å²) in [4.78, 5) is 33.9. The van der Waals surface area contributed by atoms with Crippen molar-refractivity contribution in [2.24, 2.45) is 0 Å². The summed E-state index contributed by atoms with van der Waals surface area (Å²) in [6, 6.07) is -1.07. The van der Waals surface area contributed by atoms with Gasteiger partial charge in [-0.15, -0.1) is 5.10 Å². The molecule has 0 unspecified atom stereocenters. The summed E-state index contributed by atoms with van der Waals surface area (Å²) >= 11 is 0. The number of imidazole rings is 1. The summed E-state index contributed by atoms with van der Waals surface area (Å²) in [5, 5.41) is 18.1. The second-order valence-corrected chi connectivity index (χ2v) is 4.96. The van der Waals surface area contributed by atoms with Crippen molar-refractivity contribution in [1.82, 2.24) is 30.5 Å². The third-order valence-electron chi connectivity index (χ3n) is 3.25. The number of aliphatic carboxylic acids is 1. The minimum absolute atomic E-state index is 0.0345. The standard InChI is InChI=1S/C12H14N6O3/c19-11(10-16-9(17-18-10)6-1-2-6)15-8(12(20)21)3-7-4-13-5-14-7/h4-6,8H,1-3H2,(H,13,14)(H,15,19)(H,20,21)(H,16,17,18)/t8-/m1/s1. The molecule has 0 aromatic carbocycles. The Kier molecular flexibility index (Phi) is 3.38. The Hall–Kier alpha value is -2.71. The highest BCUT2D eigenvalue weighted by atomic mass is 16.4. The van der Waals surface area contributed by atoms with Crippen LogP contribution in [0.1, 0.15) is 40.9 Å². The summed E-state index contributed by atoms with van der Waals surface area (Å²) in [6.07, 6.45) is 5.15. The number of nitrogens with zero attached hydrogens (tertiary/aromatic N) is 3. The van der Waals surface area contributed by atoms with Gasteiger partial charge in [0, 0.05) is 24.2 Å². The number of amides is 1. The van der Waals surface area contributed by atoms with E-state index in [1.165, 1.54) is 12.5 Å². The monoisotopic (exact) mass is 290 g/mol. The normalized spacial score (nSPS) is 15.6. The number of hydrogen-bond donors (Lipinski definition) is 4. The fraction of sp³-hybridized carbons (Fsp3) is 0.417. The zero-order chi connectivity index (χ0) is 14.8. The van der Waals surface area contributed by atoms with Gasteiger partial charge in [-0.1, -0.05) is 0 Å². The predicted octanol–water partition coefficient (Wildman–Crippen LogP) is -0.169. The van der Waals surface area contributed by atoms with Crippen LogP contribution in [0.15, 0.2) is 12.5 Å². The van der Waals surface area contributed by atoms with Gasteiger partial charge < -0.3 is 15.4 Å². The molecule has 1 atom stereocenters. The number of aromatic amines is 2. The minimum atomic E-state index is -1.13. The average Bonchev–Trinajstić information content (AvgIpc) is 2.99. The number of hydrogen-bond acceptors (Lipinski definition) is 5. The summed E-state index contributed by atoms with van der Waals surface area (Å²) < 4.78 is 0. The van der Waals surface area contributed by atoms with Gasteiger partial charge in [0.05, 0.1) is 6.33 Å². The van der Waals surface area contributed by atoms with Crippen LogP contribution in [0, 0.1) is 0 Å². The molecule has 0 spiro atoms. The van der Waals surface area contributed by atoms with Crippen LogP contribution >= 0.6 is 0 Å². The van der Waals surface area contributed by atoms with E-state index in [0.717, 1.165) is 12.8 Å². The van der Waals surface area contributed by atoms with Gasteiger partial charge in [0.15, 0.2) is 0 Å². The molecule has 0 radical (unpaired) electrons. The Labute approximate surface area is 119 Å². The molecule has 0 saturated heterocycles. The molecule has 4 N–H and O–H groups in total. The van der Waals surface area contributed by atoms with Crippen molar-refractivity contribution in [2.75, 3.05) is 0 Å². The van der Waals surface area contributed by atoms with E-state index in [1.54, 1.807) is 0 Å². The maximum absolute atomic E-state index is 12.0. The van der Waals surface area contributed by atoms with Crippen LogP contribution in [0.3, 0.4) is 0 Å². The summed E-state index contributed by atoms with van der Waals surface area (Å²) in [5.41, 5.74) is 0.622. The Bertz CT molecular complexity index is 646. The Morgan fingerprint density at radius 2 is 2.29 bits per heavy atom. The van der Waals surface area contributed by atoms with E-state index in [1.807, 2.05) is 0 Å². The molecule has 110 valence electrons. The van der Waals surface area contributed by atoms with E-state index < -0.39 is 17.9 Å². The molecule has 0 bridgehead atoms. The van der Waals surface area contributed by atoms with Crippen LogP contribution in [0.5, 0.6) is 0 Å². The van der Waals surface area contributed by atoms with E-state index in [0.29, 0.717) is 17.4 Å². The smallest absolute Gasteiger partial charge is 0.326 e. The Morgan fingerprint density at radius 3 is 2.90 bits per heavy atom. The van der Waals surface area contributed by atoms with Crippen molar-refractivity contribution in [3.8, 4) is 0 Å². The van der Waals surface area contributed by atoms with Crippen LogP contribution in [0.25, 0.3) is 0 Å². The highest BCUT2D eigenvalue weighted by molar-refractivity contribution is 5.93. The molecule has 2 aromatic rings. The zero-order valence-electron chi connectivity index (χ0n) is 11.0. The number of aromatic nitrogens is 5. The summed E-state index contributed by atoms with van der Waals surface area (Å²) in [7, 11) is 0. The second kappa shape index (κ2) is 5.35. The number of carbonyl (C=O) groups excluding carboxylic acids is 1. The van der Waals surface area contributed by atoms with Crippen molar-refractivity contribution in [2.45, 2.75) is 31.2 Å². The highest BCUT2D eigenvalue weighted by Crippen LogP contribution is 2.37. The van der Waals surface area contributed by atoms with Crippen molar-refractivity contribution in [1.29, 1.82) is 0 Å². The molecule has 2 aromatic heterocycles. The van der Waals surface area contributed by atoms with Gasteiger partial charge in [-0.3, -0.25) is 9.89 Å². The first-order valence-corrected chi connectivity index (χ1v) is 6.56. The lowest BCUT2D eigenvalue weighted by atomic mass is 10.1. The number of H-pyrrole nitrogens is 2. The van der Waals surface area contributed by atoms with E-state index in [9.17, 15) is 14.7 Å². The molecule has 21 heavy (non-hydrogen) atoms. The summed E-state index contributed by atoms with van der Waals surface area (Å²) in [5.74, 6) is -0.742. The molecule has 1 fully saturated rings. The zero-order valence-corrected chi connectivity index (χ0v) is 11.0. The van der Waals surface area contributed by atoms with Crippen LogP contribution in [0.2, 0.25) is 0 Å². The van der Waals surface area contributed by atoms with E-state index >= 15 is 0 Å². The molecule has 9 nitrogen and oxygen atoms in total. The molecular formula is C12H14N6O3. The number of carboxylic acid groups (broad SMARTS) is 1. The number of rotatable bonds is 6. The molecule has 3 rings (SSSR count). The first-order valence-electron chi connectivity index (χ1n) is 6.56. The van der Waals surface area contributed by atoms with Gasteiger partial charge in [-0.25, -0.2) is 14.8 Å². The van der Waals surface area contributed by atoms with E-state index in [4.69, 9.17) is 0 Å². The van der Waals surface area contributed by atoms with Crippen molar-refractivity contribution < 1.29 is 14.7 Å². The van der Waals surface area contributed by atoms with Gasteiger partial charge in [-0.2, -0.15) is 0 Å². The fourth-order valence-corrected chi connectivity index (χ4v) is 1.95. The van der Waals surface area contributed by atoms with Crippen molar-refractivity contribution >= 4 is 11.9 Å².